The van der Waals surface area contributed by atoms with Crippen LogP contribution >= 0.6 is 0 Å². The van der Waals surface area contributed by atoms with Crippen LogP contribution in [0.1, 0.15) is 44.9 Å². The van der Waals surface area contributed by atoms with Crippen molar-refractivity contribution in [1.29, 1.82) is 5.26 Å². The lowest BCUT2D eigenvalue weighted by Gasteiger charge is -2.49. The molecule has 0 radical (unpaired) electrons. The molecule has 0 spiro atoms. The third kappa shape index (κ3) is 3.32. The third-order valence-corrected chi connectivity index (χ3v) is 5.89. The van der Waals surface area contributed by atoms with Gasteiger partial charge in [-0.25, -0.2) is 4.98 Å². The van der Waals surface area contributed by atoms with Crippen LogP contribution in [0.15, 0.2) is 30.6 Å². The number of hydrogen-bond donors (Lipinski definition) is 3. The maximum Gasteiger partial charge on any atom is 0.224 e. The van der Waals surface area contributed by atoms with E-state index >= 15 is 0 Å². The Morgan fingerprint density at radius 3 is 3.00 bits per heavy atom. The van der Waals surface area contributed by atoms with E-state index in [-0.39, 0.29) is 19.0 Å². The Kier molecular flexibility index (Phi) is 4.73. The van der Waals surface area contributed by atoms with Gasteiger partial charge in [-0.3, -0.25) is 4.98 Å². The van der Waals surface area contributed by atoms with Gasteiger partial charge in [0.15, 0.2) is 0 Å². The second kappa shape index (κ2) is 7.21. The molecule has 0 aliphatic heterocycles. The number of aliphatic hydroxyl groups is 1. The summed E-state index contributed by atoms with van der Waals surface area (Å²) >= 11 is 0. The van der Waals surface area contributed by atoms with Gasteiger partial charge in [0.1, 0.15) is 17.5 Å². The molecule has 2 aromatic heterocycles. The summed E-state index contributed by atoms with van der Waals surface area (Å²) in [6, 6.07) is 6.28. The normalized spacial score (nSPS) is 21.9. The molecule has 3 N–H and O–H groups in total. The predicted octanol–water partition coefficient (Wildman–Crippen LogP) is 3.00. The number of aliphatic hydroxyl groups excluding tert-OH is 1. The van der Waals surface area contributed by atoms with Crippen LogP contribution in [0.3, 0.4) is 0 Å². The Morgan fingerprint density at radius 2 is 2.25 bits per heavy atom. The molecular formula is C21H26N6O. The number of rotatable bonds is 6. The van der Waals surface area contributed by atoms with Crippen LogP contribution in [0.2, 0.25) is 0 Å². The average molecular weight is 378 g/mol. The quantitative estimate of drug-likeness (QED) is 0.709. The first-order valence-corrected chi connectivity index (χ1v) is 9.58. The number of nitrogens with one attached hydrogen (secondary N) is 2. The van der Waals surface area contributed by atoms with Crippen molar-refractivity contribution in [2.75, 3.05) is 17.2 Å². The molecule has 2 aliphatic carbocycles. The van der Waals surface area contributed by atoms with Gasteiger partial charge in [-0.1, -0.05) is 26.0 Å². The molecule has 2 heterocycles. The molecule has 0 unspecified atom stereocenters. The molecule has 7 heteroatoms. The highest BCUT2D eigenvalue weighted by Gasteiger charge is 2.47. The second-order valence-electron chi connectivity index (χ2n) is 7.95. The molecule has 0 aromatic carbocycles. The molecule has 4 rings (SSSR count). The fourth-order valence-corrected chi connectivity index (χ4v) is 3.74. The molecule has 2 atom stereocenters. The van der Waals surface area contributed by atoms with E-state index in [0.29, 0.717) is 30.3 Å². The Morgan fingerprint density at radius 1 is 1.39 bits per heavy atom. The number of nitriles is 1. The summed E-state index contributed by atoms with van der Waals surface area (Å²) < 4.78 is 0. The number of aromatic nitrogens is 3. The molecule has 7 nitrogen and oxygen atoms in total. The minimum Gasteiger partial charge on any atom is -0.392 e. The first kappa shape index (κ1) is 18.4. The molecule has 0 amide bonds. The second-order valence-corrected chi connectivity index (χ2v) is 7.95. The fraction of sp³-hybridized carbons (Fsp3) is 0.429. The maximum absolute atomic E-state index is 9.94. The highest BCUT2D eigenvalue weighted by Crippen LogP contribution is 2.42. The van der Waals surface area contributed by atoms with Gasteiger partial charge in [0.2, 0.25) is 5.95 Å². The third-order valence-electron chi connectivity index (χ3n) is 5.89. The van der Waals surface area contributed by atoms with Gasteiger partial charge in [-0.2, -0.15) is 10.2 Å². The summed E-state index contributed by atoms with van der Waals surface area (Å²) in [6.45, 7) is 4.71. The highest BCUT2D eigenvalue weighted by molar-refractivity contribution is 5.71. The van der Waals surface area contributed by atoms with Crippen molar-refractivity contribution in [3.63, 3.8) is 0 Å². The maximum atomic E-state index is 9.94. The van der Waals surface area contributed by atoms with Crippen LogP contribution in [0.4, 0.5) is 11.8 Å². The average Bonchev–Trinajstić information content (AvgIpc) is 3.11. The van der Waals surface area contributed by atoms with Crippen molar-refractivity contribution in [2.45, 2.75) is 45.3 Å². The highest BCUT2D eigenvalue weighted by atomic mass is 16.3. The van der Waals surface area contributed by atoms with Crippen molar-refractivity contribution in [3.8, 4) is 6.07 Å². The van der Waals surface area contributed by atoms with Crippen LogP contribution in [0, 0.1) is 16.7 Å². The van der Waals surface area contributed by atoms with Crippen molar-refractivity contribution >= 4 is 17.3 Å². The minimum atomic E-state index is -0.341. The summed E-state index contributed by atoms with van der Waals surface area (Å²) in [7, 11) is 0. The van der Waals surface area contributed by atoms with E-state index in [4.69, 9.17) is 0 Å². The molecule has 28 heavy (non-hydrogen) atoms. The predicted molar refractivity (Wildman–Crippen MR) is 110 cm³/mol. The molecule has 146 valence electrons. The number of nitrogens with zero attached hydrogens (tertiary/aromatic N) is 4. The van der Waals surface area contributed by atoms with Crippen molar-refractivity contribution in [2.24, 2.45) is 5.41 Å². The lowest BCUT2D eigenvalue weighted by molar-refractivity contribution is -0.0511. The topological polar surface area (TPSA) is 107 Å². The SMILES string of the molecule is CC1(C)[C@@H](O)C[C@H]1Nc1nc(NCCC2=CCc3ncccc32)ncc1C#N.[HH]. The van der Waals surface area contributed by atoms with Crippen LogP contribution in [-0.2, 0) is 6.42 Å². The number of anilines is 2. The monoisotopic (exact) mass is 378 g/mol. The standard InChI is InChI=1S/C21H24N6O.H2/c1-21(2)17(10-18(21)28)26-19-14(11-22)12-25-20(27-19)24-9-7-13-5-6-16-15(13)4-3-8-23-16;/h3-5,8,12,17-18,28H,6-7,9-10H2,1-2H3,(H2,24,25,26,27);1H/t17-,18+;/m1./s1. The zero-order valence-electron chi connectivity index (χ0n) is 16.1. The van der Waals surface area contributed by atoms with E-state index in [2.05, 4.69) is 43.8 Å². The lowest BCUT2D eigenvalue weighted by Crippen LogP contribution is -2.57. The number of fused-ring (bicyclic) bond motifs is 1. The van der Waals surface area contributed by atoms with Gasteiger partial charge in [0.25, 0.3) is 0 Å². The molecule has 2 aliphatic rings. The molecular weight excluding hydrogens is 352 g/mol. The molecule has 0 saturated heterocycles. The summed E-state index contributed by atoms with van der Waals surface area (Å²) in [5.41, 5.74) is 3.79. The Bertz CT molecular complexity index is 968. The lowest BCUT2D eigenvalue weighted by atomic mass is 9.64. The van der Waals surface area contributed by atoms with Gasteiger partial charge in [0, 0.05) is 32.0 Å². The van der Waals surface area contributed by atoms with Crippen LogP contribution in [0.25, 0.3) is 5.57 Å². The van der Waals surface area contributed by atoms with E-state index in [1.54, 1.807) is 0 Å². The molecule has 1 saturated carbocycles. The number of pyridine rings is 1. The smallest absolute Gasteiger partial charge is 0.224 e. The molecule has 2 aromatic rings. The number of allylic oxidation sites excluding steroid dienone is 1. The minimum absolute atomic E-state index is 0. The summed E-state index contributed by atoms with van der Waals surface area (Å²) in [6.07, 6.45) is 7.63. The fourth-order valence-electron chi connectivity index (χ4n) is 3.74. The molecule has 0 bridgehead atoms. The van der Waals surface area contributed by atoms with Gasteiger partial charge in [-0.05, 0) is 30.0 Å². The van der Waals surface area contributed by atoms with E-state index in [0.717, 1.165) is 18.5 Å². The Balaban J connectivity index is 0.00000240. The van der Waals surface area contributed by atoms with E-state index in [1.165, 1.54) is 17.3 Å². The Labute approximate surface area is 166 Å². The van der Waals surface area contributed by atoms with Crippen LogP contribution < -0.4 is 10.6 Å². The first-order chi connectivity index (χ1) is 13.5. The summed E-state index contributed by atoms with van der Waals surface area (Å²) in [4.78, 5) is 13.2. The van der Waals surface area contributed by atoms with Gasteiger partial charge < -0.3 is 15.7 Å². The van der Waals surface area contributed by atoms with Gasteiger partial charge in [0.05, 0.1) is 18.0 Å². The zero-order chi connectivity index (χ0) is 19.7. The first-order valence-electron chi connectivity index (χ1n) is 9.58. The zero-order valence-corrected chi connectivity index (χ0v) is 16.1. The summed E-state index contributed by atoms with van der Waals surface area (Å²) in [5.74, 6) is 1.00. The van der Waals surface area contributed by atoms with Crippen molar-refractivity contribution < 1.29 is 6.53 Å². The van der Waals surface area contributed by atoms with E-state index < -0.39 is 0 Å². The molecule has 1 fully saturated rings. The van der Waals surface area contributed by atoms with Crippen LogP contribution in [-0.4, -0.2) is 38.7 Å². The van der Waals surface area contributed by atoms with E-state index in [1.807, 2.05) is 26.1 Å². The Hall–Kier alpha value is -2.98. The van der Waals surface area contributed by atoms with E-state index in [9.17, 15) is 10.4 Å². The summed E-state index contributed by atoms with van der Waals surface area (Å²) in [5, 5.41) is 25.9. The number of hydrogen-bond acceptors (Lipinski definition) is 7. The van der Waals surface area contributed by atoms with Gasteiger partial charge in [-0.15, -0.1) is 0 Å². The van der Waals surface area contributed by atoms with Gasteiger partial charge >= 0.3 is 0 Å². The largest absolute Gasteiger partial charge is 0.392 e. The van der Waals surface area contributed by atoms with Crippen LogP contribution in [0.5, 0.6) is 0 Å². The van der Waals surface area contributed by atoms with Crippen molar-refractivity contribution in [3.05, 3.63) is 47.4 Å². The van der Waals surface area contributed by atoms with Crippen molar-refractivity contribution in [1.82, 2.24) is 15.0 Å².